The summed E-state index contributed by atoms with van der Waals surface area (Å²) in [5.74, 6) is 0.799. The number of aromatic amines is 1. The van der Waals surface area contributed by atoms with E-state index in [2.05, 4.69) is 9.97 Å². The zero-order chi connectivity index (χ0) is 14.8. The van der Waals surface area contributed by atoms with Crippen LogP contribution in [0.25, 0.3) is 11.0 Å². The van der Waals surface area contributed by atoms with Gasteiger partial charge in [-0.3, -0.25) is 0 Å². The number of hydrogen-bond acceptors (Lipinski definition) is 4. The van der Waals surface area contributed by atoms with Gasteiger partial charge in [0.05, 0.1) is 23.2 Å². The Kier molecular flexibility index (Phi) is 4.05. The highest BCUT2D eigenvalue weighted by molar-refractivity contribution is 7.99. The van der Waals surface area contributed by atoms with E-state index < -0.39 is 0 Å². The summed E-state index contributed by atoms with van der Waals surface area (Å²) in [4.78, 5) is 8.74. The molecular formula is C15H14ClN3OS. The molecule has 0 saturated carbocycles. The van der Waals surface area contributed by atoms with Crippen molar-refractivity contribution in [2.75, 3.05) is 7.11 Å². The molecule has 0 unspecified atom stereocenters. The van der Waals surface area contributed by atoms with Gasteiger partial charge in [-0.2, -0.15) is 0 Å². The lowest BCUT2D eigenvalue weighted by Gasteiger charge is -2.03. The first-order valence-electron chi connectivity index (χ1n) is 6.39. The number of nitrogens with zero attached hydrogens (tertiary/aromatic N) is 1. The van der Waals surface area contributed by atoms with Crippen molar-refractivity contribution in [3.8, 4) is 5.75 Å². The smallest absolute Gasteiger partial charge is 0.171 e. The van der Waals surface area contributed by atoms with Gasteiger partial charge in [0.1, 0.15) is 5.75 Å². The number of benzene rings is 2. The van der Waals surface area contributed by atoms with Gasteiger partial charge >= 0.3 is 0 Å². The standard InChI is InChI=1S/C15H14ClN3OS/c1-20-10-3-4-12-13(7-10)19-15(18-12)21-14-5-2-9(8-17)6-11(14)16/h2-7H,8,17H2,1H3,(H,18,19). The molecule has 0 aliphatic heterocycles. The quantitative estimate of drug-likeness (QED) is 0.767. The second-order valence-electron chi connectivity index (χ2n) is 4.50. The van der Waals surface area contributed by atoms with Crippen LogP contribution in [0.15, 0.2) is 46.5 Å². The first-order valence-corrected chi connectivity index (χ1v) is 7.59. The fourth-order valence-corrected chi connectivity index (χ4v) is 3.12. The van der Waals surface area contributed by atoms with Gasteiger partial charge in [-0.1, -0.05) is 29.4 Å². The van der Waals surface area contributed by atoms with Crippen LogP contribution in [0.5, 0.6) is 5.75 Å². The number of rotatable bonds is 4. The van der Waals surface area contributed by atoms with Gasteiger partial charge < -0.3 is 15.5 Å². The maximum atomic E-state index is 6.27. The lowest BCUT2D eigenvalue weighted by molar-refractivity contribution is 0.415. The molecule has 6 heteroatoms. The lowest BCUT2D eigenvalue weighted by Crippen LogP contribution is -1.95. The van der Waals surface area contributed by atoms with E-state index >= 15 is 0 Å². The number of methoxy groups -OCH3 is 1. The van der Waals surface area contributed by atoms with Gasteiger partial charge in [0, 0.05) is 17.5 Å². The first-order chi connectivity index (χ1) is 10.2. The summed E-state index contributed by atoms with van der Waals surface area (Å²) in [5, 5.41) is 1.47. The molecule has 4 nitrogen and oxygen atoms in total. The third kappa shape index (κ3) is 3.00. The van der Waals surface area contributed by atoms with E-state index in [0.717, 1.165) is 32.4 Å². The SMILES string of the molecule is COc1ccc2nc(Sc3ccc(CN)cc3Cl)[nH]c2c1. The van der Waals surface area contributed by atoms with Crippen molar-refractivity contribution in [1.29, 1.82) is 0 Å². The lowest BCUT2D eigenvalue weighted by atomic mass is 10.2. The Hall–Kier alpha value is -1.69. The predicted octanol–water partition coefficient (Wildman–Crippen LogP) is 3.83. The molecule has 0 spiro atoms. The maximum Gasteiger partial charge on any atom is 0.171 e. The Morgan fingerprint density at radius 2 is 2.14 bits per heavy atom. The van der Waals surface area contributed by atoms with Gasteiger partial charge in [-0.05, 0) is 29.8 Å². The summed E-state index contributed by atoms with van der Waals surface area (Å²) in [6.07, 6.45) is 0. The van der Waals surface area contributed by atoms with Crippen molar-refractivity contribution in [2.24, 2.45) is 5.73 Å². The van der Waals surface area contributed by atoms with E-state index in [1.807, 2.05) is 36.4 Å². The van der Waals surface area contributed by atoms with Gasteiger partial charge in [0.15, 0.2) is 5.16 Å². The molecule has 0 aliphatic rings. The third-order valence-corrected chi connectivity index (χ3v) is 4.49. The molecule has 1 aromatic heterocycles. The molecule has 21 heavy (non-hydrogen) atoms. The van der Waals surface area contributed by atoms with Crippen LogP contribution in [0, 0.1) is 0 Å². The number of H-pyrrole nitrogens is 1. The van der Waals surface area contributed by atoms with E-state index in [9.17, 15) is 0 Å². The molecule has 3 N–H and O–H groups in total. The summed E-state index contributed by atoms with van der Waals surface area (Å²) in [7, 11) is 1.64. The zero-order valence-electron chi connectivity index (χ0n) is 11.4. The second-order valence-corrected chi connectivity index (χ2v) is 5.93. The molecule has 0 fully saturated rings. The van der Waals surface area contributed by atoms with Crippen molar-refractivity contribution >= 4 is 34.4 Å². The van der Waals surface area contributed by atoms with Crippen molar-refractivity contribution in [2.45, 2.75) is 16.6 Å². The Labute approximate surface area is 131 Å². The molecule has 1 heterocycles. The Morgan fingerprint density at radius 3 is 2.86 bits per heavy atom. The van der Waals surface area contributed by atoms with Crippen LogP contribution in [0.1, 0.15) is 5.56 Å². The Bertz CT molecular complexity index is 788. The summed E-state index contributed by atoms with van der Waals surface area (Å²) >= 11 is 7.76. The highest BCUT2D eigenvalue weighted by atomic mass is 35.5. The summed E-state index contributed by atoms with van der Waals surface area (Å²) in [6.45, 7) is 0.481. The fourth-order valence-electron chi connectivity index (χ4n) is 2.00. The van der Waals surface area contributed by atoms with Crippen molar-refractivity contribution in [1.82, 2.24) is 9.97 Å². The van der Waals surface area contributed by atoms with Gasteiger partial charge in [-0.15, -0.1) is 0 Å². The third-order valence-electron chi connectivity index (χ3n) is 3.11. The van der Waals surface area contributed by atoms with Crippen LogP contribution < -0.4 is 10.5 Å². The first kappa shape index (κ1) is 14.3. The number of hydrogen-bond donors (Lipinski definition) is 2. The monoisotopic (exact) mass is 319 g/mol. The van der Waals surface area contributed by atoms with Crippen molar-refractivity contribution in [3.05, 3.63) is 47.0 Å². The maximum absolute atomic E-state index is 6.27. The van der Waals surface area contributed by atoms with Crippen LogP contribution in [-0.2, 0) is 6.54 Å². The zero-order valence-corrected chi connectivity index (χ0v) is 13.0. The summed E-state index contributed by atoms with van der Waals surface area (Å²) in [5.41, 5.74) is 8.45. The number of nitrogens with two attached hydrogens (primary N) is 1. The van der Waals surface area contributed by atoms with E-state index in [-0.39, 0.29) is 0 Å². The minimum Gasteiger partial charge on any atom is -0.497 e. The van der Waals surface area contributed by atoms with Crippen LogP contribution in [-0.4, -0.2) is 17.1 Å². The van der Waals surface area contributed by atoms with Crippen LogP contribution in [0.2, 0.25) is 5.02 Å². The molecule has 3 aromatic rings. The number of aromatic nitrogens is 2. The minimum atomic E-state index is 0.481. The second kappa shape index (κ2) is 5.97. The van der Waals surface area contributed by atoms with E-state index in [1.165, 1.54) is 11.8 Å². The van der Waals surface area contributed by atoms with Crippen LogP contribution in [0.4, 0.5) is 0 Å². The number of fused-ring (bicyclic) bond motifs is 1. The Morgan fingerprint density at radius 1 is 1.29 bits per heavy atom. The molecule has 0 saturated heterocycles. The predicted molar refractivity (Wildman–Crippen MR) is 86.1 cm³/mol. The van der Waals surface area contributed by atoms with Gasteiger partial charge in [0.25, 0.3) is 0 Å². The number of ether oxygens (including phenoxy) is 1. The van der Waals surface area contributed by atoms with E-state index in [1.54, 1.807) is 7.11 Å². The average Bonchev–Trinajstić information content (AvgIpc) is 2.90. The van der Waals surface area contributed by atoms with E-state index in [0.29, 0.717) is 11.6 Å². The Balaban J connectivity index is 1.91. The molecular weight excluding hydrogens is 306 g/mol. The molecule has 0 amide bonds. The highest BCUT2D eigenvalue weighted by Gasteiger charge is 2.08. The van der Waals surface area contributed by atoms with Gasteiger partial charge in [-0.25, -0.2) is 4.98 Å². The number of imidazole rings is 1. The molecule has 3 rings (SSSR count). The minimum absolute atomic E-state index is 0.481. The van der Waals surface area contributed by atoms with Crippen LogP contribution >= 0.6 is 23.4 Å². The normalized spacial score (nSPS) is 11.0. The van der Waals surface area contributed by atoms with Gasteiger partial charge in [0.2, 0.25) is 0 Å². The summed E-state index contributed by atoms with van der Waals surface area (Å²) < 4.78 is 5.21. The highest BCUT2D eigenvalue weighted by Crippen LogP contribution is 2.33. The van der Waals surface area contributed by atoms with E-state index in [4.69, 9.17) is 22.1 Å². The number of nitrogens with one attached hydrogen (secondary N) is 1. The molecule has 0 radical (unpaired) electrons. The topological polar surface area (TPSA) is 63.9 Å². The van der Waals surface area contributed by atoms with Crippen LogP contribution in [0.3, 0.4) is 0 Å². The largest absolute Gasteiger partial charge is 0.497 e. The average molecular weight is 320 g/mol. The molecule has 108 valence electrons. The molecule has 0 atom stereocenters. The van der Waals surface area contributed by atoms with Crippen molar-refractivity contribution in [3.63, 3.8) is 0 Å². The molecule has 0 aliphatic carbocycles. The van der Waals surface area contributed by atoms with Crippen molar-refractivity contribution < 1.29 is 4.74 Å². The molecule has 0 bridgehead atoms. The number of halogens is 1. The summed E-state index contributed by atoms with van der Waals surface area (Å²) in [6, 6.07) is 11.6. The molecule has 2 aromatic carbocycles. The fraction of sp³-hybridized carbons (Fsp3) is 0.133.